The molecular formula is C16H15F3O6. The Balaban J connectivity index is 2.43. The highest BCUT2D eigenvalue weighted by molar-refractivity contribution is 5.97. The minimum atomic E-state index is -1.67. The number of hydrogen-bond acceptors (Lipinski definition) is 6. The molecule has 0 heterocycles. The van der Waals surface area contributed by atoms with E-state index in [4.69, 9.17) is 0 Å². The van der Waals surface area contributed by atoms with Crippen molar-refractivity contribution in [1.82, 2.24) is 0 Å². The van der Waals surface area contributed by atoms with Crippen molar-refractivity contribution in [3.8, 4) is 0 Å². The van der Waals surface area contributed by atoms with Gasteiger partial charge < -0.3 is 14.2 Å². The summed E-state index contributed by atoms with van der Waals surface area (Å²) in [5, 5.41) is 0. The molecule has 1 aromatic carbocycles. The summed E-state index contributed by atoms with van der Waals surface area (Å²) in [6, 6.07) is 1.63. The first-order valence-electron chi connectivity index (χ1n) is 6.99. The summed E-state index contributed by atoms with van der Waals surface area (Å²) in [7, 11) is 1.41. The molecule has 0 amide bonds. The normalized spacial score (nSPS) is 10.7. The number of hydrogen-bond donors (Lipinski definition) is 0. The largest absolute Gasteiger partial charge is 0.463 e. The van der Waals surface area contributed by atoms with Gasteiger partial charge in [-0.25, -0.2) is 18.0 Å². The van der Waals surface area contributed by atoms with Crippen molar-refractivity contribution in [3.63, 3.8) is 0 Å². The molecule has 136 valence electrons. The first kappa shape index (κ1) is 20.4. The van der Waals surface area contributed by atoms with Crippen LogP contribution in [-0.4, -0.2) is 44.7 Å². The molecule has 0 aliphatic heterocycles. The molecule has 0 saturated carbocycles. The molecule has 6 nitrogen and oxygen atoms in total. The van der Waals surface area contributed by atoms with Crippen LogP contribution in [-0.2, 0) is 28.6 Å². The van der Waals surface area contributed by atoms with E-state index in [2.05, 4.69) is 14.2 Å². The van der Waals surface area contributed by atoms with Crippen LogP contribution in [0.25, 0.3) is 6.08 Å². The van der Waals surface area contributed by atoms with E-state index in [1.54, 1.807) is 0 Å². The second-order valence-corrected chi connectivity index (χ2v) is 4.63. The molecule has 0 aliphatic carbocycles. The zero-order valence-electron chi connectivity index (χ0n) is 13.2. The summed E-state index contributed by atoms with van der Waals surface area (Å²) in [4.78, 5) is 34.0. The lowest BCUT2D eigenvalue weighted by Crippen LogP contribution is -2.18. The van der Waals surface area contributed by atoms with Crippen molar-refractivity contribution in [2.75, 3.05) is 26.9 Å². The summed E-state index contributed by atoms with van der Waals surface area (Å²) in [5.41, 5.74) is -0.371. The van der Waals surface area contributed by atoms with Gasteiger partial charge in [-0.2, -0.15) is 0 Å². The minimum absolute atomic E-state index is 0.00900. The number of rotatable bonds is 9. The Bertz CT molecular complexity index is 672. The van der Waals surface area contributed by atoms with Crippen molar-refractivity contribution in [2.24, 2.45) is 0 Å². The van der Waals surface area contributed by atoms with Crippen LogP contribution < -0.4 is 0 Å². The van der Waals surface area contributed by atoms with Gasteiger partial charge >= 0.3 is 11.9 Å². The number of benzene rings is 1. The predicted octanol–water partition coefficient (Wildman–Crippen LogP) is 1.81. The third-order valence-electron chi connectivity index (χ3n) is 2.73. The van der Waals surface area contributed by atoms with Crippen LogP contribution in [0.1, 0.15) is 12.0 Å². The summed E-state index contributed by atoms with van der Waals surface area (Å²) < 4.78 is 53.0. The van der Waals surface area contributed by atoms with Gasteiger partial charge in [-0.05, 0) is 18.2 Å². The molecule has 0 fully saturated rings. The predicted molar refractivity (Wildman–Crippen MR) is 78.8 cm³/mol. The van der Waals surface area contributed by atoms with E-state index in [-0.39, 0.29) is 18.8 Å². The van der Waals surface area contributed by atoms with E-state index in [0.29, 0.717) is 6.07 Å². The molecule has 0 saturated heterocycles. The molecule has 0 unspecified atom stereocenters. The minimum Gasteiger partial charge on any atom is -0.463 e. The van der Waals surface area contributed by atoms with Gasteiger partial charge in [0, 0.05) is 18.7 Å². The number of carbonyl (C=O) groups excluding carboxylic acids is 3. The average Bonchev–Trinajstić information content (AvgIpc) is 2.57. The van der Waals surface area contributed by atoms with E-state index in [1.807, 2.05) is 0 Å². The van der Waals surface area contributed by atoms with Crippen LogP contribution in [0.3, 0.4) is 0 Å². The fourth-order valence-electron chi connectivity index (χ4n) is 1.53. The highest BCUT2D eigenvalue weighted by atomic mass is 19.2. The molecule has 9 heteroatoms. The van der Waals surface area contributed by atoms with Crippen LogP contribution in [0.15, 0.2) is 18.2 Å². The molecule has 0 atom stereocenters. The second kappa shape index (κ2) is 10.2. The van der Waals surface area contributed by atoms with Crippen LogP contribution in [0, 0.1) is 17.5 Å². The Kier molecular flexibility index (Phi) is 8.34. The van der Waals surface area contributed by atoms with E-state index in [9.17, 15) is 27.6 Å². The third kappa shape index (κ3) is 7.17. The molecule has 0 spiro atoms. The highest BCUT2D eigenvalue weighted by Gasteiger charge is 2.14. The van der Waals surface area contributed by atoms with E-state index < -0.39 is 48.2 Å². The lowest BCUT2D eigenvalue weighted by molar-refractivity contribution is -0.150. The van der Waals surface area contributed by atoms with E-state index in [1.165, 1.54) is 7.11 Å². The maximum atomic E-state index is 13.4. The van der Waals surface area contributed by atoms with Crippen LogP contribution >= 0.6 is 0 Å². The Hall–Kier alpha value is -2.68. The van der Waals surface area contributed by atoms with Crippen LogP contribution in [0.5, 0.6) is 0 Å². The lowest BCUT2D eigenvalue weighted by Gasteiger charge is -2.04. The number of halogens is 3. The molecule has 1 rings (SSSR count). The number of Topliss-reactive ketones (excluding diaryl/α,β-unsaturated/α-hetero) is 1. The van der Waals surface area contributed by atoms with Crippen molar-refractivity contribution >= 4 is 23.8 Å². The highest BCUT2D eigenvalue weighted by Crippen LogP contribution is 2.16. The zero-order chi connectivity index (χ0) is 18.8. The summed E-state index contributed by atoms with van der Waals surface area (Å²) in [6.07, 6.45) is 1.02. The van der Waals surface area contributed by atoms with Gasteiger partial charge in [0.15, 0.2) is 29.8 Å². The van der Waals surface area contributed by atoms with Gasteiger partial charge in [0.2, 0.25) is 0 Å². The molecular weight excluding hydrogens is 345 g/mol. The summed E-state index contributed by atoms with van der Waals surface area (Å²) in [5.74, 6) is -7.01. The smallest absolute Gasteiger partial charge is 0.331 e. The first-order chi connectivity index (χ1) is 11.8. The lowest BCUT2D eigenvalue weighted by atomic mass is 10.2. The maximum absolute atomic E-state index is 13.4. The van der Waals surface area contributed by atoms with Gasteiger partial charge in [0.05, 0.1) is 6.61 Å². The summed E-state index contributed by atoms with van der Waals surface area (Å²) in [6.45, 7) is -0.520. The maximum Gasteiger partial charge on any atom is 0.331 e. The number of ether oxygens (including phenoxy) is 3. The van der Waals surface area contributed by atoms with Crippen LogP contribution in [0.2, 0.25) is 0 Å². The Morgan fingerprint density at radius 2 is 1.76 bits per heavy atom. The molecule has 0 aliphatic rings. The average molecular weight is 360 g/mol. The number of carbonyl (C=O) groups is 3. The standard InChI is InChI=1S/C16H15F3O6/c1-23-6-7-24-14(22)8-11(20)9-25-13(21)5-3-10-2-4-12(17)16(19)15(10)18/h2-5H,6-9H2,1H3/b5-3+. The van der Waals surface area contributed by atoms with Crippen LogP contribution in [0.4, 0.5) is 13.2 Å². The van der Waals surface area contributed by atoms with E-state index in [0.717, 1.165) is 18.2 Å². The molecule has 0 N–H and O–H groups in total. The van der Waals surface area contributed by atoms with Gasteiger partial charge in [0.1, 0.15) is 13.0 Å². The second-order valence-electron chi connectivity index (χ2n) is 4.63. The Morgan fingerprint density at radius 3 is 2.44 bits per heavy atom. The topological polar surface area (TPSA) is 78.9 Å². The van der Waals surface area contributed by atoms with Gasteiger partial charge in [-0.3, -0.25) is 9.59 Å². The quantitative estimate of drug-likeness (QED) is 0.220. The van der Waals surface area contributed by atoms with Crippen molar-refractivity contribution in [3.05, 3.63) is 41.2 Å². The molecule has 0 radical (unpaired) electrons. The Labute approximate surface area is 141 Å². The number of esters is 2. The molecule has 0 aromatic heterocycles. The molecule has 0 bridgehead atoms. The molecule has 25 heavy (non-hydrogen) atoms. The van der Waals surface area contributed by atoms with E-state index >= 15 is 0 Å². The van der Waals surface area contributed by atoms with Gasteiger partial charge in [-0.1, -0.05) is 0 Å². The Morgan fingerprint density at radius 1 is 1.04 bits per heavy atom. The number of ketones is 1. The monoisotopic (exact) mass is 360 g/mol. The zero-order valence-corrected chi connectivity index (χ0v) is 13.2. The van der Waals surface area contributed by atoms with Gasteiger partial charge in [0.25, 0.3) is 0 Å². The molecule has 1 aromatic rings. The third-order valence-corrected chi connectivity index (χ3v) is 2.73. The number of methoxy groups -OCH3 is 1. The fourth-order valence-corrected chi connectivity index (χ4v) is 1.53. The van der Waals surface area contributed by atoms with Crippen molar-refractivity contribution < 1.29 is 41.8 Å². The fraction of sp³-hybridized carbons (Fsp3) is 0.312. The summed E-state index contributed by atoms with van der Waals surface area (Å²) >= 11 is 0. The van der Waals surface area contributed by atoms with Crippen molar-refractivity contribution in [2.45, 2.75) is 6.42 Å². The van der Waals surface area contributed by atoms with Crippen molar-refractivity contribution in [1.29, 1.82) is 0 Å². The SMILES string of the molecule is COCCOC(=O)CC(=O)COC(=O)/C=C/c1ccc(F)c(F)c1F. The van der Waals surface area contributed by atoms with Gasteiger partial charge in [-0.15, -0.1) is 0 Å². The first-order valence-corrected chi connectivity index (χ1v) is 6.99.